The fraction of sp³-hybridized carbons (Fsp3) is 0.333. The van der Waals surface area contributed by atoms with Crippen LogP contribution in [0.1, 0.15) is 28.9 Å². The quantitative estimate of drug-likeness (QED) is 0.616. The molecule has 0 amide bonds. The monoisotopic (exact) mass is 421 g/mol. The van der Waals surface area contributed by atoms with Crippen molar-refractivity contribution in [1.82, 2.24) is 9.30 Å². The molecule has 1 fully saturated rings. The number of esters is 1. The highest BCUT2D eigenvalue weighted by atomic mass is 16.5. The second kappa shape index (κ2) is 9.32. The van der Waals surface area contributed by atoms with E-state index in [4.69, 9.17) is 4.74 Å². The molecule has 3 aromatic rings. The molecule has 3 heterocycles. The van der Waals surface area contributed by atoms with Crippen LogP contribution in [0.3, 0.4) is 0 Å². The third-order valence-corrected chi connectivity index (χ3v) is 5.68. The molecule has 1 aliphatic rings. The van der Waals surface area contributed by atoms with Gasteiger partial charge < -0.3 is 14.7 Å². The van der Waals surface area contributed by atoms with Crippen molar-refractivity contribution in [1.29, 1.82) is 0 Å². The predicted molar refractivity (Wildman–Crippen MR) is 120 cm³/mol. The van der Waals surface area contributed by atoms with Crippen molar-refractivity contribution in [2.45, 2.75) is 13.0 Å². The Hall–Kier alpha value is -3.16. The van der Waals surface area contributed by atoms with Gasteiger partial charge in [0, 0.05) is 50.2 Å². The van der Waals surface area contributed by atoms with Crippen LogP contribution in [0.15, 0.2) is 65.6 Å². The molecule has 4 rings (SSSR count). The first kappa shape index (κ1) is 21.1. The number of aliphatic hydroxyl groups is 1. The van der Waals surface area contributed by atoms with Crippen molar-refractivity contribution in [3.05, 3.63) is 82.3 Å². The van der Waals surface area contributed by atoms with E-state index < -0.39 is 17.6 Å². The minimum absolute atomic E-state index is 0.0616. The van der Waals surface area contributed by atoms with Crippen LogP contribution in [0, 0.1) is 0 Å². The number of aliphatic hydroxyl groups excluding tert-OH is 1. The Kier molecular flexibility index (Phi) is 6.34. The lowest BCUT2D eigenvalue weighted by Gasteiger charge is -2.37. The van der Waals surface area contributed by atoms with E-state index in [2.05, 4.69) is 21.9 Å². The van der Waals surface area contributed by atoms with Crippen LogP contribution in [0.4, 0.5) is 5.69 Å². The third kappa shape index (κ3) is 4.47. The van der Waals surface area contributed by atoms with Crippen molar-refractivity contribution < 1.29 is 14.6 Å². The molecule has 1 unspecified atom stereocenters. The lowest BCUT2D eigenvalue weighted by molar-refractivity contribution is 0.0523. The fourth-order valence-corrected chi connectivity index (χ4v) is 4.07. The van der Waals surface area contributed by atoms with Gasteiger partial charge in [-0.25, -0.2) is 4.79 Å². The number of hydrogen-bond donors (Lipinski definition) is 1. The first-order valence-electron chi connectivity index (χ1n) is 10.6. The van der Waals surface area contributed by atoms with Crippen LogP contribution in [0.5, 0.6) is 0 Å². The van der Waals surface area contributed by atoms with E-state index in [-0.39, 0.29) is 12.2 Å². The standard InChI is InChI=1S/C24H27N3O4/c1-2-31-24(30)20-16-19(21-10-6-7-11-27(21)23(20)29)22(28)17-25-12-14-26(15-13-25)18-8-4-3-5-9-18/h3-11,16,22,28H,2,12-15,17H2,1H3. The third-order valence-electron chi connectivity index (χ3n) is 5.68. The summed E-state index contributed by atoms with van der Waals surface area (Å²) in [6.45, 7) is 5.69. The number of hydrogen-bond acceptors (Lipinski definition) is 6. The maximum Gasteiger partial charge on any atom is 0.343 e. The van der Waals surface area contributed by atoms with Gasteiger partial charge in [-0.1, -0.05) is 24.3 Å². The number of carbonyl (C=O) groups is 1. The van der Waals surface area contributed by atoms with Crippen LogP contribution < -0.4 is 10.5 Å². The number of rotatable bonds is 6. The smallest absolute Gasteiger partial charge is 0.343 e. The van der Waals surface area contributed by atoms with Gasteiger partial charge in [0.25, 0.3) is 5.56 Å². The van der Waals surface area contributed by atoms with E-state index >= 15 is 0 Å². The summed E-state index contributed by atoms with van der Waals surface area (Å²) < 4.78 is 6.45. The Bertz CT molecular complexity index is 1100. The predicted octanol–water partition coefficient (Wildman–Crippen LogP) is 2.33. The summed E-state index contributed by atoms with van der Waals surface area (Å²) in [6.07, 6.45) is 0.768. The normalized spacial score (nSPS) is 15.7. The summed E-state index contributed by atoms with van der Waals surface area (Å²) in [5.41, 5.74) is 1.84. The van der Waals surface area contributed by atoms with Crippen molar-refractivity contribution in [3.63, 3.8) is 0 Å². The van der Waals surface area contributed by atoms with E-state index in [1.54, 1.807) is 25.3 Å². The molecule has 1 N–H and O–H groups in total. The number of nitrogens with zero attached hydrogens (tertiary/aromatic N) is 3. The van der Waals surface area contributed by atoms with E-state index in [0.29, 0.717) is 17.6 Å². The molecule has 0 radical (unpaired) electrons. The van der Waals surface area contributed by atoms with E-state index in [0.717, 1.165) is 26.2 Å². The molecule has 1 atom stereocenters. The van der Waals surface area contributed by atoms with Gasteiger partial charge in [0.05, 0.1) is 18.2 Å². The van der Waals surface area contributed by atoms with E-state index in [1.807, 2.05) is 24.3 Å². The van der Waals surface area contributed by atoms with Crippen molar-refractivity contribution >= 4 is 17.2 Å². The number of carbonyl (C=O) groups excluding carboxylic acids is 1. The Morgan fingerprint density at radius 1 is 1.06 bits per heavy atom. The van der Waals surface area contributed by atoms with Crippen molar-refractivity contribution in [2.75, 3.05) is 44.2 Å². The number of benzene rings is 1. The number of pyridine rings is 2. The first-order chi connectivity index (χ1) is 15.1. The minimum atomic E-state index is -0.838. The first-order valence-corrected chi connectivity index (χ1v) is 10.6. The second-order valence-electron chi connectivity index (χ2n) is 7.63. The summed E-state index contributed by atoms with van der Waals surface area (Å²) in [4.78, 5) is 29.6. The lowest BCUT2D eigenvalue weighted by Crippen LogP contribution is -2.47. The molecule has 162 valence electrons. The Labute approximate surface area is 181 Å². The van der Waals surface area contributed by atoms with E-state index in [1.165, 1.54) is 16.2 Å². The van der Waals surface area contributed by atoms with Crippen LogP contribution in [0.25, 0.3) is 5.52 Å². The van der Waals surface area contributed by atoms with Gasteiger partial charge in [-0.3, -0.25) is 14.1 Å². The summed E-state index contributed by atoms with van der Waals surface area (Å²) in [6, 6.07) is 17.1. The highest BCUT2D eigenvalue weighted by Crippen LogP contribution is 2.22. The van der Waals surface area contributed by atoms with Gasteiger partial charge in [0.1, 0.15) is 5.56 Å². The fourth-order valence-electron chi connectivity index (χ4n) is 4.07. The highest BCUT2D eigenvalue weighted by molar-refractivity contribution is 5.90. The number of β-amino-alcohol motifs (C(OH)–C–C–N with tert-alkyl or cyclic N) is 1. The van der Waals surface area contributed by atoms with Crippen LogP contribution in [-0.4, -0.2) is 59.7 Å². The zero-order chi connectivity index (χ0) is 21.8. The molecule has 7 nitrogen and oxygen atoms in total. The molecule has 1 aliphatic heterocycles. The van der Waals surface area contributed by atoms with Crippen LogP contribution >= 0.6 is 0 Å². The molecular weight excluding hydrogens is 394 g/mol. The average Bonchev–Trinajstić information content (AvgIpc) is 2.80. The Morgan fingerprint density at radius 2 is 1.77 bits per heavy atom. The van der Waals surface area contributed by atoms with Gasteiger partial charge in [-0.05, 0) is 37.3 Å². The molecule has 0 bridgehead atoms. The molecule has 2 aromatic heterocycles. The molecular formula is C24H27N3O4. The molecule has 31 heavy (non-hydrogen) atoms. The SMILES string of the molecule is CCOC(=O)c1cc(C(O)CN2CCN(c3ccccc3)CC2)c2ccccn2c1=O. The largest absolute Gasteiger partial charge is 0.462 e. The van der Waals surface area contributed by atoms with Crippen LogP contribution in [-0.2, 0) is 4.74 Å². The maximum atomic E-state index is 12.7. The Balaban J connectivity index is 1.54. The average molecular weight is 421 g/mol. The summed E-state index contributed by atoms with van der Waals surface area (Å²) in [7, 11) is 0. The minimum Gasteiger partial charge on any atom is -0.462 e. The van der Waals surface area contributed by atoms with Crippen LogP contribution in [0.2, 0.25) is 0 Å². The number of para-hydroxylation sites is 1. The number of aromatic nitrogens is 1. The van der Waals surface area contributed by atoms with Gasteiger partial charge >= 0.3 is 5.97 Å². The highest BCUT2D eigenvalue weighted by Gasteiger charge is 2.24. The maximum absolute atomic E-state index is 12.7. The number of piperazine rings is 1. The van der Waals surface area contributed by atoms with Crippen molar-refractivity contribution in [2.24, 2.45) is 0 Å². The summed E-state index contributed by atoms with van der Waals surface area (Å²) in [5, 5.41) is 11.1. The lowest BCUT2D eigenvalue weighted by atomic mass is 10.0. The topological polar surface area (TPSA) is 74.5 Å². The number of ether oxygens (including phenoxy) is 1. The summed E-state index contributed by atoms with van der Waals surface area (Å²) in [5.74, 6) is -0.671. The zero-order valence-corrected chi connectivity index (χ0v) is 17.6. The molecule has 0 saturated carbocycles. The van der Waals surface area contributed by atoms with Gasteiger partial charge in [-0.15, -0.1) is 0 Å². The number of anilines is 1. The Morgan fingerprint density at radius 3 is 2.48 bits per heavy atom. The van der Waals surface area contributed by atoms with E-state index in [9.17, 15) is 14.7 Å². The number of fused-ring (bicyclic) bond motifs is 1. The zero-order valence-electron chi connectivity index (χ0n) is 17.6. The molecule has 7 heteroatoms. The van der Waals surface area contributed by atoms with Crippen molar-refractivity contribution in [3.8, 4) is 0 Å². The molecule has 0 spiro atoms. The molecule has 1 aromatic carbocycles. The van der Waals surface area contributed by atoms with Gasteiger partial charge in [0.2, 0.25) is 0 Å². The second-order valence-corrected chi connectivity index (χ2v) is 7.63. The van der Waals surface area contributed by atoms with Gasteiger partial charge in [0.15, 0.2) is 0 Å². The van der Waals surface area contributed by atoms with Gasteiger partial charge in [-0.2, -0.15) is 0 Å². The molecule has 0 aliphatic carbocycles. The summed E-state index contributed by atoms with van der Waals surface area (Å²) >= 11 is 0. The molecule has 1 saturated heterocycles.